The fourth-order valence-electron chi connectivity index (χ4n) is 3.02. The Hall–Kier alpha value is -2.42. The quantitative estimate of drug-likeness (QED) is 0.712. The number of benzene rings is 2. The molecule has 0 spiro atoms. The van der Waals surface area contributed by atoms with Gasteiger partial charge >= 0.3 is 0 Å². The predicted octanol–water partition coefficient (Wildman–Crippen LogP) is 3.03. The van der Waals surface area contributed by atoms with Crippen LogP contribution < -0.4 is 9.62 Å². The van der Waals surface area contributed by atoms with Crippen LogP contribution >= 0.6 is 0 Å². The van der Waals surface area contributed by atoms with E-state index >= 15 is 0 Å². The topological polar surface area (TPSA) is 84.9 Å². The maximum absolute atomic E-state index is 12.9. The number of nitrogens with one attached hydrogen (secondary N) is 1. The molecule has 0 aliphatic carbocycles. The molecule has 2 aromatic rings. The van der Waals surface area contributed by atoms with E-state index in [0.717, 1.165) is 19.4 Å². The molecule has 3 rings (SSSR count). The van der Waals surface area contributed by atoms with Gasteiger partial charge in [-0.3, -0.25) is 9.10 Å². The Labute approximate surface area is 171 Å². The molecule has 156 valence electrons. The van der Waals surface area contributed by atoms with Crippen LogP contribution in [0.5, 0.6) is 0 Å². The third-order valence-electron chi connectivity index (χ3n) is 4.81. The van der Waals surface area contributed by atoms with Gasteiger partial charge in [0.15, 0.2) is 0 Å². The van der Waals surface area contributed by atoms with Crippen LogP contribution in [-0.4, -0.2) is 46.8 Å². The highest BCUT2D eigenvalue weighted by Crippen LogP contribution is 2.24. The fraction of sp³-hybridized carbons (Fsp3) is 0.381. The van der Waals surface area contributed by atoms with Gasteiger partial charge in [0.2, 0.25) is 0 Å². The van der Waals surface area contributed by atoms with E-state index in [2.05, 4.69) is 5.32 Å². The van der Waals surface area contributed by atoms with Crippen LogP contribution in [0.15, 0.2) is 59.5 Å². The molecule has 2 unspecified atom stereocenters. The van der Waals surface area contributed by atoms with Gasteiger partial charge in [0.25, 0.3) is 15.9 Å². The van der Waals surface area contributed by atoms with Gasteiger partial charge in [-0.25, -0.2) is 8.42 Å². The largest absolute Gasteiger partial charge is 0.376 e. The van der Waals surface area contributed by atoms with Gasteiger partial charge in [-0.05, 0) is 50.1 Å². The van der Waals surface area contributed by atoms with Crippen molar-refractivity contribution >= 4 is 27.3 Å². The summed E-state index contributed by atoms with van der Waals surface area (Å²) < 4.78 is 38.1. The first-order valence-electron chi connectivity index (χ1n) is 9.56. The summed E-state index contributed by atoms with van der Waals surface area (Å²) in [6.07, 6.45) is 1.30. The molecule has 0 radical (unpaired) electrons. The number of para-hydroxylation sites is 1. The molecule has 8 heteroatoms. The highest BCUT2D eigenvalue weighted by molar-refractivity contribution is 7.92. The van der Waals surface area contributed by atoms with Crippen LogP contribution in [0, 0.1) is 0 Å². The smallest absolute Gasteiger partial charge is 0.264 e. The number of hydrogen-bond donors (Lipinski definition) is 1. The molecule has 29 heavy (non-hydrogen) atoms. The van der Waals surface area contributed by atoms with Crippen molar-refractivity contribution in [2.75, 3.05) is 29.9 Å². The molecule has 0 saturated carbocycles. The fourth-order valence-corrected chi connectivity index (χ4v) is 4.26. The lowest BCUT2D eigenvalue weighted by Gasteiger charge is -2.20. The molecule has 2 atom stereocenters. The number of carbonyl (C=O) groups excluding carboxylic acids is 1. The molecule has 0 aromatic heterocycles. The van der Waals surface area contributed by atoms with Crippen molar-refractivity contribution in [2.24, 2.45) is 0 Å². The van der Waals surface area contributed by atoms with E-state index < -0.39 is 16.1 Å². The van der Waals surface area contributed by atoms with Crippen molar-refractivity contribution in [2.45, 2.75) is 36.9 Å². The number of anilines is 2. The van der Waals surface area contributed by atoms with Crippen LogP contribution in [0.25, 0.3) is 0 Å². The summed E-state index contributed by atoms with van der Waals surface area (Å²) in [7, 11) is -2.26. The first-order chi connectivity index (χ1) is 13.9. The molecule has 1 N–H and O–H groups in total. The lowest BCUT2D eigenvalue weighted by molar-refractivity contribution is -0.128. The molecule has 2 aromatic carbocycles. The first kappa shape index (κ1) is 21.3. The lowest BCUT2D eigenvalue weighted by atomic mass is 10.2. The molecule has 1 aliphatic rings. The van der Waals surface area contributed by atoms with Crippen molar-refractivity contribution in [3.63, 3.8) is 0 Å². The summed E-state index contributed by atoms with van der Waals surface area (Å²) >= 11 is 0. The Balaban J connectivity index is 1.66. The van der Waals surface area contributed by atoms with Crippen LogP contribution in [0.1, 0.15) is 19.8 Å². The van der Waals surface area contributed by atoms with Crippen molar-refractivity contribution in [3.05, 3.63) is 54.6 Å². The molecule has 1 saturated heterocycles. The van der Waals surface area contributed by atoms with Gasteiger partial charge in [-0.1, -0.05) is 24.3 Å². The minimum Gasteiger partial charge on any atom is -0.376 e. The zero-order valence-corrected chi connectivity index (χ0v) is 17.4. The molecule has 0 bridgehead atoms. The minimum atomic E-state index is -3.76. The van der Waals surface area contributed by atoms with E-state index in [0.29, 0.717) is 18.0 Å². The molecule has 1 aliphatic heterocycles. The van der Waals surface area contributed by atoms with Crippen LogP contribution in [0.4, 0.5) is 11.4 Å². The summed E-state index contributed by atoms with van der Waals surface area (Å²) in [5.41, 5.74) is 0.947. The van der Waals surface area contributed by atoms with Gasteiger partial charge < -0.3 is 14.8 Å². The van der Waals surface area contributed by atoms with Gasteiger partial charge in [-0.2, -0.15) is 0 Å². The Morgan fingerprint density at radius 1 is 1.24 bits per heavy atom. The number of ether oxygens (including phenoxy) is 2. The predicted molar refractivity (Wildman–Crippen MR) is 111 cm³/mol. The van der Waals surface area contributed by atoms with E-state index in [1.807, 2.05) is 6.07 Å². The van der Waals surface area contributed by atoms with E-state index in [1.54, 1.807) is 43.3 Å². The minimum absolute atomic E-state index is 0.0345. The van der Waals surface area contributed by atoms with Crippen molar-refractivity contribution in [3.8, 4) is 0 Å². The van der Waals surface area contributed by atoms with Crippen LogP contribution in [0.2, 0.25) is 0 Å². The summed E-state index contributed by atoms with van der Waals surface area (Å²) in [4.78, 5) is 12.5. The van der Waals surface area contributed by atoms with Crippen LogP contribution in [-0.2, 0) is 24.3 Å². The maximum Gasteiger partial charge on any atom is 0.264 e. The average Bonchev–Trinajstić information content (AvgIpc) is 3.26. The van der Waals surface area contributed by atoms with Gasteiger partial charge in [0, 0.05) is 19.3 Å². The van der Waals surface area contributed by atoms with Gasteiger partial charge in [0.05, 0.1) is 23.3 Å². The highest BCUT2D eigenvalue weighted by atomic mass is 32.2. The van der Waals surface area contributed by atoms with Crippen molar-refractivity contribution in [1.29, 1.82) is 0 Å². The summed E-state index contributed by atoms with van der Waals surface area (Å²) in [5.74, 6) is -0.339. The molecular formula is C21H26N2O5S. The van der Waals surface area contributed by atoms with Crippen molar-refractivity contribution in [1.82, 2.24) is 0 Å². The Morgan fingerprint density at radius 3 is 2.69 bits per heavy atom. The molecule has 1 amide bonds. The van der Waals surface area contributed by atoms with Gasteiger partial charge in [0.1, 0.15) is 6.10 Å². The summed E-state index contributed by atoms with van der Waals surface area (Å²) in [6, 6.07) is 15.0. The standard InChI is InChI=1S/C21H26N2O5S/c1-16(28-15-19-11-7-13-27-19)21(24)22-17-8-6-12-20(14-17)29(25,26)23(2)18-9-4-3-5-10-18/h3-6,8-10,12,14,16,19H,7,11,13,15H2,1-2H3,(H,22,24). The average molecular weight is 419 g/mol. The van der Waals surface area contributed by atoms with E-state index in [9.17, 15) is 13.2 Å². The monoisotopic (exact) mass is 418 g/mol. The molecule has 7 nitrogen and oxygen atoms in total. The molecule has 1 fully saturated rings. The Bertz CT molecular complexity index is 927. The van der Waals surface area contributed by atoms with Crippen molar-refractivity contribution < 1.29 is 22.7 Å². The summed E-state index contributed by atoms with van der Waals surface area (Å²) in [6.45, 7) is 2.76. The molecular weight excluding hydrogens is 392 g/mol. The second-order valence-corrected chi connectivity index (χ2v) is 8.91. The normalized spacial score (nSPS) is 17.7. The number of sulfonamides is 1. The van der Waals surface area contributed by atoms with Crippen LogP contribution in [0.3, 0.4) is 0 Å². The number of hydrogen-bond acceptors (Lipinski definition) is 5. The zero-order valence-electron chi connectivity index (χ0n) is 16.6. The maximum atomic E-state index is 12.9. The third-order valence-corrected chi connectivity index (χ3v) is 6.59. The molecule has 1 heterocycles. The Kier molecular flexibility index (Phi) is 6.89. The summed E-state index contributed by atoms with van der Waals surface area (Å²) in [5, 5.41) is 2.72. The number of amides is 1. The number of rotatable bonds is 8. The zero-order chi connectivity index (χ0) is 20.9. The number of nitrogens with zero attached hydrogens (tertiary/aromatic N) is 1. The van der Waals surface area contributed by atoms with E-state index in [-0.39, 0.29) is 16.9 Å². The van der Waals surface area contributed by atoms with E-state index in [4.69, 9.17) is 9.47 Å². The Morgan fingerprint density at radius 2 is 2.00 bits per heavy atom. The highest BCUT2D eigenvalue weighted by Gasteiger charge is 2.23. The lowest BCUT2D eigenvalue weighted by Crippen LogP contribution is -2.30. The number of carbonyl (C=O) groups is 1. The van der Waals surface area contributed by atoms with E-state index in [1.165, 1.54) is 23.5 Å². The van der Waals surface area contributed by atoms with Gasteiger partial charge in [-0.15, -0.1) is 0 Å². The third kappa shape index (κ3) is 5.35. The second-order valence-electron chi connectivity index (χ2n) is 6.94. The SMILES string of the molecule is CC(OCC1CCCO1)C(=O)Nc1cccc(S(=O)(=O)N(C)c2ccccc2)c1. The second kappa shape index (κ2) is 9.39. The first-order valence-corrected chi connectivity index (χ1v) is 11.0.